The first-order valence-corrected chi connectivity index (χ1v) is 9.29. The number of nitrogens with one attached hydrogen (secondary N) is 2. The van der Waals surface area contributed by atoms with Gasteiger partial charge < -0.3 is 15.1 Å². The summed E-state index contributed by atoms with van der Waals surface area (Å²) < 4.78 is 5.79. The van der Waals surface area contributed by atoms with Crippen LogP contribution < -0.4 is 10.6 Å². The van der Waals surface area contributed by atoms with Gasteiger partial charge in [-0.1, -0.05) is 47.5 Å². The number of amides is 2. The zero-order chi connectivity index (χ0) is 20.4. The van der Waals surface area contributed by atoms with Gasteiger partial charge in [0.05, 0.1) is 0 Å². The summed E-state index contributed by atoms with van der Waals surface area (Å²) in [6, 6.07) is 22.0. The van der Waals surface area contributed by atoms with E-state index in [0.29, 0.717) is 27.9 Å². The number of carbonyl (C=O) groups is 2. The Morgan fingerprint density at radius 2 is 1.41 bits per heavy atom. The Labute approximate surface area is 168 Å². The Morgan fingerprint density at radius 1 is 0.759 bits per heavy atom. The number of fused-ring (bicyclic) bond motifs is 1. The fourth-order valence-corrected chi connectivity index (χ4v) is 3.33. The molecule has 2 amide bonds. The number of rotatable bonds is 4. The smallest absolute Gasteiger partial charge is 0.293 e. The Balaban J connectivity index is 1.71. The van der Waals surface area contributed by atoms with Crippen LogP contribution >= 0.6 is 0 Å². The number of carbonyl (C=O) groups excluding carboxylic acids is 2. The first kappa shape index (κ1) is 18.5. The van der Waals surface area contributed by atoms with Crippen LogP contribution in [0, 0.1) is 13.8 Å². The molecule has 0 fully saturated rings. The van der Waals surface area contributed by atoms with Gasteiger partial charge in [-0.2, -0.15) is 0 Å². The summed E-state index contributed by atoms with van der Waals surface area (Å²) in [4.78, 5) is 25.8. The van der Waals surface area contributed by atoms with Gasteiger partial charge in [0.1, 0.15) is 11.3 Å². The summed E-state index contributed by atoms with van der Waals surface area (Å²) in [5.41, 5.74) is 4.05. The van der Waals surface area contributed by atoms with Gasteiger partial charge in [-0.15, -0.1) is 0 Å². The molecule has 0 aliphatic carbocycles. The van der Waals surface area contributed by atoms with Gasteiger partial charge >= 0.3 is 0 Å². The largest absolute Gasteiger partial charge is 0.449 e. The van der Waals surface area contributed by atoms with Gasteiger partial charge in [-0.25, -0.2) is 0 Å². The number of hydrogen-bond donors (Lipinski definition) is 2. The van der Waals surface area contributed by atoms with Crippen molar-refractivity contribution in [2.75, 3.05) is 10.6 Å². The highest BCUT2D eigenvalue weighted by molar-refractivity contribution is 6.16. The monoisotopic (exact) mass is 384 g/mol. The molecule has 0 saturated carbocycles. The van der Waals surface area contributed by atoms with Crippen molar-refractivity contribution in [3.8, 4) is 0 Å². The molecule has 0 spiro atoms. The van der Waals surface area contributed by atoms with Gasteiger partial charge in [-0.3, -0.25) is 9.59 Å². The fraction of sp³-hybridized carbons (Fsp3) is 0.0833. The molecule has 144 valence electrons. The first-order valence-electron chi connectivity index (χ1n) is 9.29. The molecule has 3 aromatic carbocycles. The highest BCUT2D eigenvalue weighted by Gasteiger charge is 2.23. The standard InChI is InChI=1S/C24H20N2O3/c1-15-12-16(2)14-17(13-15)23(27)26-21-19-10-6-7-11-20(19)29-22(21)24(28)25-18-8-4-3-5-9-18/h3-14H,1-2H3,(H,25,28)(H,26,27). The van der Waals surface area contributed by atoms with Crippen molar-refractivity contribution in [3.63, 3.8) is 0 Å². The van der Waals surface area contributed by atoms with Crippen molar-refractivity contribution in [2.24, 2.45) is 0 Å². The number of benzene rings is 3. The van der Waals surface area contributed by atoms with Crippen molar-refractivity contribution in [2.45, 2.75) is 13.8 Å². The molecule has 1 aromatic heterocycles. The molecule has 0 saturated heterocycles. The van der Waals surface area contributed by atoms with Crippen molar-refractivity contribution in [3.05, 3.63) is 95.2 Å². The topological polar surface area (TPSA) is 71.3 Å². The molecular weight excluding hydrogens is 364 g/mol. The zero-order valence-corrected chi connectivity index (χ0v) is 16.2. The van der Waals surface area contributed by atoms with Crippen LogP contribution in [-0.2, 0) is 0 Å². The molecule has 2 N–H and O–H groups in total. The molecule has 0 unspecified atom stereocenters. The van der Waals surface area contributed by atoms with E-state index >= 15 is 0 Å². The van der Waals surface area contributed by atoms with Crippen LogP contribution in [0.5, 0.6) is 0 Å². The van der Waals surface area contributed by atoms with Crippen molar-refractivity contribution < 1.29 is 14.0 Å². The van der Waals surface area contributed by atoms with E-state index in [9.17, 15) is 9.59 Å². The Kier molecular flexibility index (Phi) is 4.87. The average molecular weight is 384 g/mol. The van der Waals surface area contributed by atoms with Gasteiger partial charge in [0.25, 0.3) is 11.8 Å². The van der Waals surface area contributed by atoms with Gasteiger partial charge in [-0.05, 0) is 50.2 Å². The highest BCUT2D eigenvalue weighted by Crippen LogP contribution is 2.32. The third-order valence-electron chi connectivity index (χ3n) is 4.56. The van der Waals surface area contributed by atoms with E-state index in [1.54, 1.807) is 18.2 Å². The van der Waals surface area contributed by atoms with Crippen LogP contribution in [0.2, 0.25) is 0 Å². The lowest BCUT2D eigenvalue weighted by Crippen LogP contribution is -2.17. The molecule has 5 nitrogen and oxygen atoms in total. The quantitative estimate of drug-likeness (QED) is 0.484. The molecule has 4 aromatic rings. The molecule has 0 bridgehead atoms. The minimum atomic E-state index is -0.428. The Bertz CT molecular complexity index is 1190. The molecule has 0 atom stereocenters. The molecule has 0 aliphatic rings. The van der Waals surface area contributed by atoms with Gasteiger partial charge in [0, 0.05) is 16.6 Å². The number of para-hydroxylation sites is 2. The van der Waals surface area contributed by atoms with Gasteiger partial charge in [0.2, 0.25) is 5.76 Å². The van der Waals surface area contributed by atoms with E-state index in [2.05, 4.69) is 10.6 Å². The van der Waals surface area contributed by atoms with E-state index in [-0.39, 0.29) is 11.7 Å². The summed E-state index contributed by atoms with van der Waals surface area (Å²) in [5, 5.41) is 6.35. The third-order valence-corrected chi connectivity index (χ3v) is 4.56. The summed E-state index contributed by atoms with van der Waals surface area (Å²) >= 11 is 0. The molecular formula is C24H20N2O3. The molecule has 29 heavy (non-hydrogen) atoms. The fourth-order valence-electron chi connectivity index (χ4n) is 3.33. The minimum absolute atomic E-state index is 0.0628. The van der Waals surface area contributed by atoms with E-state index in [4.69, 9.17) is 4.42 Å². The molecule has 5 heteroatoms. The van der Waals surface area contributed by atoms with Crippen LogP contribution in [0.1, 0.15) is 32.0 Å². The van der Waals surface area contributed by atoms with E-state index in [1.807, 2.05) is 68.4 Å². The van der Waals surface area contributed by atoms with E-state index in [0.717, 1.165) is 11.1 Å². The second-order valence-electron chi connectivity index (χ2n) is 6.95. The number of furan rings is 1. The first-order chi connectivity index (χ1) is 14.0. The molecule has 4 rings (SSSR count). The van der Waals surface area contributed by atoms with Crippen molar-refractivity contribution in [1.29, 1.82) is 0 Å². The lowest BCUT2D eigenvalue weighted by Gasteiger charge is -2.08. The number of anilines is 2. The predicted octanol–water partition coefficient (Wildman–Crippen LogP) is 5.55. The maximum absolute atomic E-state index is 12.9. The molecule has 0 radical (unpaired) electrons. The van der Waals surface area contributed by atoms with Gasteiger partial charge in [0.15, 0.2) is 0 Å². The van der Waals surface area contributed by atoms with E-state index in [1.165, 1.54) is 0 Å². The number of aryl methyl sites for hydroxylation is 2. The maximum Gasteiger partial charge on any atom is 0.293 e. The third kappa shape index (κ3) is 3.89. The second-order valence-corrected chi connectivity index (χ2v) is 6.95. The van der Waals surface area contributed by atoms with Crippen molar-refractivity contribution in [1.82, 2.24) is 0 Å². The van der Waals surface area contributed by atoms with Crippen LogP contribution in [-0.4, -0.2) is 11.8 Å². The SMILES string of the molecule is Cc1cc(C)cc(C(=O)Nc2c(C(=O)Nc3ccccc3)oc3ccccc23)c1. The lowest BCUT2D eigenvalue weighted by atomic mass is 10.1. The normalized spacial score (nSPS) is 10.7. The Hall–Kier alpha value is -3.86. The summed E-state index contributed by atoms with van der Waals surface area (Å²) in [6.07, 6.45) is 0. The molecule has 0 aliphatic heterocycles. The zero-order valence-electron chi connectivity index (χ0n) is 16.2. The highest BCUT2D eigenvalue weighted by atomic mass is 16.3. The summed E-state index contributed by atoms with van der Waals surface area (Å²) in [5.74, 6) is -0.659. The average Bonchev–Trinajstić information content (AvgIpc) is 3.07. The lowest BCUT2D eigenvalue weighted by molar-refractivity contribution is 0.0999. The van der Waals surface area contributed by atoms with Crippen LogP contribution in [0.25, 0.3) is 11.0 Å². The van der Waals surface area contributed by atoms with Crippen LogP contribution in [0.15, 0.2) is 77.2 Å². The minimum Gasteiger partial charge on any atom is -0.449 e. The van der Waals surface area contributed by atoms with E-state index < -0.39 is 5.91 Å². The molecule has 1 heterocycles. The predicted molar refractivity (Wildman–Crippen MR) is 114 cm³/mol. The summed E-state index contributed by atoms with van der Waals surface area (Å²) in [6.45, 7) is 3.88. The van der Waals surface area contributed by atoms with Crippen molar-refractivity contribution >= 4 is 34.2 Å². The summed E-state index contributed by atoms with van der Waals surface area (Å²) in [7, 11) is 0. The van der Waals surface area contributed by atoms with Crippen LogP contribution in [0.3, 0.4) is 0 Å². The second kappa shape index (κ2) is 7.64. The number of hydrogen-bond acceptors (Lipinski definition) is 3. The Morgan fingerprint density at radius 3 is 2.14 bits per heavy atom. The maximum atomic E-state index is 12.9. The van der Waals surface area contributed by atoms with Crippen LogP contribution in [0.4, 0.5) is 11.4 Å².